The third-order valence-corrected chi connectivity index (χ3v) is 2.15. The minimum atomic E-state index is -0.127. The molecule has 0 aromatic heterocycles. The third kappa shape index (κ3) is 3.14. The maximum Gasteiger partial charge on any atom is 0.246 e. The second-order valence-corrected chi connectivity index (χ2v) is 4.63. The van der Waals surface area contributed by atoms with Crippen LogP contribution in [0.2, 0.25) is 0 Å². The smallest absolute Gasteiger partial charge is 0.246 e. The normalized spacial score (nSPS) is 22.5. The van der Waals surface area contributed by atoms with Crippen LogP contribution in [0, 0.1) is 0 Å². The minimum absolute atomic E-state index is 0.00464. The van der Waals surface area contributed by atoms with Gasteiger partial charge in [-0.1, -0.05) is 6.58 Å². The molecule has 0 aromatic rings. The fraction of sp³-hybridized carbons (Fsp3) is 0.727. The van der Waals surface area contributed by atoms with Gasteiger partial charge in [0.25, 0.3) is 0 Å². The third-order valence-electron chi connectivity index (χ3n) is 2.15. The summed E-state index contributed by atoms with van der Waals surface area (Å²) in [6.45, 7) is 11.1. The quantitative estimate of drug-likeness (QED) is 0.629. The zero-order valence-electron chi connectivity index (χ0n) is 9.25. The van der Waals surface area contributed by atoms with Crippen molar-refractivity contribution >= 4 is 5.91 Å². The molecule has 0 spiro atoms. The minimum Gasteiger partial charge on any atom is -0.371 e. The molecule has 0 bridgehead atoms. The first-order chi connectivity index (χ1) is 6.42. The van der Waals surface area contributed by atoms with Gasteiger partial charge in [0.2, 0.25) is 5.91 Å². The molecule has 1 amide bonds. The van der Waals surface area contributed by atoms with Gasteiger partial charge in [-0.2, -0.15) is 0 Å². The number of ether oxygens (including phenoxy) is 1. The highest BCUT2D eigenvalue weighted by Gasteiger charge is 2.28. The van der Waals surface area contributed by atoms with Gasteiger partial charge < -0.3 is 9.64 Å². The number of likely N-dealkylation sites (tertiary alicyclic amines) is 1. The van der Waals surface area contributed by atoms with Crippen molar-refractivity contribution in [3.63, 3.8) is 0 Å². The molecule has 0 unspecified atom stereocenters. The SMILES string of the molecule is C=CC(=O)N1CC[C@H](OC(C)(C)C)C1. The molecule has 80 valence electrons. The van der Waals surface area contributed by atoms with Gasteiger partial charge in [0.1, 0.15) is 0 Å². The molecule has 1 atom stereocenters. The molecule has 0 aliphatic carbocycles. The molecule has 1 aliphatic heterocycles. The second-order valence-electron chi connectivity index (χ2n) is 4.63. The van der Waals surface area contributed by atoms with Crippen molar-refractivity contribution in [3.8, 4) is 0 Å². The summed E-state index contributed by atoms with van der Waals surface area (Å²) in [5, 5.41) is 0. The Bertz CT molecular complexity index is 230. The number of rotatable bonds is 2. The Kier molecular flexibility index (Phi) is 3.32. The molecule has 0 saturated carbocycles. The Morgan fingerprint density at radius 2 is 2.21 bits per heavy atom. The van der Waals surface area contributed by atoms with E-state index in [1.165, 1.54) is 6.08 Å². The van der Waals surface area contributed by atoms with Crippen LogP contribution < -0.4 is 0 Å². The van der Waals surface area contributed by atoms with Crippen LogP contribution in [0.5, 0.6) is 0 Å². The first-order valence-electron chi connectivity index (χ1n) is 5.01. The monoisotopic (exact) mass is 197 g/mol. The van der Waals surface area contributed by atoms with Crippen LogP contribution in [0.15, 0.2) is 12.7 Å². The summed E-state index contributed by atoms with van der Waals surface area (Å²) in [5.41, 5.74) is -0.127. The first kappa shape index (κ1) is 11.2. The van der Waals surface area contributed by atoms with Gasteiger partial charge >= 0.3 is 0 Å². The fourth-order valence-corrected chi connectivity index (χ4v) is 1.65. The van der Waals surface area contributed by atoms with E-state index in [0.717, 1.165) is 13.0 Å². The molecule has 0 radical (unpaired) electrons. The predicted octanol–water partition coefficient (Wildman–Crippen LogP) is 1.59. The lowest BCUT2D eigenvalue weighted by Crippen LogP contribution is -2.32. The Morgan fingerprint density at radius 1 is 1.57 bits per heavy atom. The van der Waals surface area contributed by atoms with E-state index in [1.807, 2.05) is 20.8 Å². The van der Waals surface area contributed by atoms with Crippen LogP contribution in [0.1, 0.15) is 27.2 Å². The van der Waals surface area contributed by atoms with Crippen LogP contribution in [-0.4, -0.2) is 35.6 Å². The van der Waals surface area contributed by atoms with E-state index in [2.05, 4.69) is 6.58 Å². The van der Waals surface area contributed by atoms with E-state index in [4.69, 9.17) is 4.74 Å². The molecule has 3 heteroatoms. The molecule has 1 rings (SSSR count). The van der Waals surface area contributed by atoms with Crippen molar-refractivity contribution in [3.05, 3.63) is 12.7 Å². The molecule has 1 fully saturated rings. The standard InChI is InChI=1S/C11H19NO2/c1-5-10(13)12-7-6-9(8-12)14-11(2,3)4/h5,9H,1,6-8H2,2-4H3/t9-/m0/s1. The maximum absolute atomic E-state index is 11.3. The largest absolute Gasteiger partial charge is 0.371 e. The summed E-state index contributed by atoms with van der Waals surface area (Å²) in [6, 6.07) is 0. The fourth-order valence-electron chi connectivity index (χ4n) is 1.65. The highest BCUT2D eigenvalue weighted by Crippen LogP contribution is 2.19. The van der Waals surface area contributed by atoms with Gasteiger partial charge in [0.05, 0.1) is 11.7 Å². The lowest BCUT2D eigenvalue weighted by molar-refractivity contribution is -0.126. The molecule has 1 aliphatic rings. The lowest BCUT2D eigenvalue weighted by atomic mass is 10.2. The van der Waals surface area contributed by atoms with Crippen LogP contribution in [0.3, 0.4) is 0 Å². The van der Waals surface area contributed by atoms with Gasteiger partial charge in [-0.05, 0) is 33.3 Å². The average molecular weight is 197 g/mol. The molecule has 3 nitrogen and oxygen atoms in total. The van der Waals surface area contributed by atoms with Gasteiger partial charge in [0, 0.05) is 13.1 Å². The topological polar surface area (TPSA) is 29.5 Å². The van der Waals surface area contributed by atoms with E-state index in [-0.39, 0.29) is 17.6 Å². The van der Waals surface area contributed by atoms with Gasteiger partial charge in [-0.15, -0.1) is 0 Å². The highest BCUT2D eigenvalue weighted by molar-refractivity contribution is 5.87. The molecule has 0 N–H and O–H groups in total. The Hall–Kier alpha value is -0.830. The van der Waals surface area contributed by atoms with E-state index >= 15 is 0 Å². The molecular formula is C11H19NO2. The molecule has 0 aromatic carbocycles. The first-order valence-corrected chi connectivity index (χ1v) is 5.01. The van der Waals surface area contributed by atoms with E-state index in [0.29, 0.717) is 6.54 Å². The Labute approximate surface area is 85.7 Å². The van der Waals surface area contributed by atoms with Gasteiger partial charge in [0.15, 0.2) is 0 Å². The van der Waals surface area contributed by atoms with Crippen molar-refractivity contribution in [1.29, 1.82) is 0 Å². The van der Waals surface area contributed by atoms with Crippen LogP contribution in [0.25, 0.3) is 0 Å². The van der Waals surface area contributed by atoms with E-state index < -0.39 is 0 Å². The van der Waals surface area contributed by atoms with Crippen molar-refractivity contribution in [2.75, 3.05) is 13.1 Å². The molecule has 14 heavy (non-hydrogen) atoms. The van der Waals surface area contributed by atoms with Gasteiger partial charge in [-0.25, -0.2) is 0 Å². The lowest BCUT2D eigenvalue weighted by Gasteiger charge is -2.24. The number of hydrogen-bond donors (Lipinski definition) is 0. The number of amides is 1. The second kappa shape index (κ2) is 4.13. The zero-order valence-corrected chi connectivity index (χ0v) is 9.25. The summed E-state index contributed by atoms with van der Waals surface area (Å²) in [7, 11) is 0. The average Bonchev–Trinajstić information content (AvgIpc) is 2.48. The summed E-state index contributed by atoms with van der Waals surface area (Å²) >= 11 is 0. The van der Waals surface area contributed by atoms with E-state index in [1.54, 1.807) is 4.90 Å². The Morgan fingerprint density at radius 3 is 2.71 bits per heavy atom. The molecule has 1 saturated heterocycles. The number of hydrogen-bond acceptors (Lipinski definition) is 2. The van der Waals surface area contributed by atoms with Crippen molar-refractivity contribution in [2.45, 2.75) is 38.9 Å². The number of carbonyl (C=O) groups is 1. The highest BCUT2D eigenvalue weighted by atomic mass is 16.5. The number of carbonyl (C=O) groups excluding carboxylic acids is 1. The van der Waals surface area contributed by atoms with Crippen molar-refractivity contribution in [2.24, 2.45) is 0 Å². The summed E-state index contributed by atoms with van der Waals surface area (Å²) in [6.07, 6.45) is 2.47. The number of nitrogens with zero attached hydrogens (tertiary/aromatic N) is 1. The summed E-state index contributed by atoms with van der Waals surface area (Å²) < 4.78 is 5.80. The van der Waals surface area contributed by atoms with Crippen molar-refractivity contribution in [1.82, 2.24) is 4.90 Å². The van der Waals surface area contributed by atoms with Gasteiger partial charge in [-0.3, -0.25) is 4.79 Å². The van der Waals surface area contributed by atoms with Crippen LogP contribution in [-0.2, 0) is 9.53 Å². The zero-order chi connectivity index (χ0) is 10.8. The molecule has 1 heterocycles. The predicted molar refractivity (Wildman–Crippen MR) is 56.0 cm³/mol. The van der Waals surface area contributed by atoms with Crippen LogP contribution >= 0.6 is 0 Å². The summed E-state index contributed by atoms with van der Waals surface area (Å²) in [4.78, 5) is 13.1. The Balaban J connectivity index is 2.42. The summed E-state index contributed by atoms with van der Waals surface area (Å²) in [5.74, 6) is 0.00464. The van der Waals surface area contributed by atoms with Crippen molar-refractivity contribution < 1.29 is 9.53 Å². The van der Waals surface area contributed by atoms with E-state index in [9.17, 15) is 4.79 Å². The molecular weight excluding hydrogens is 178 g/mol. The maximum atomic E-state index is 11.3. The van der Waals surface area contributed by atoms with Crippen LogP contribution in [0.4, 0.5) is 0 Å².